The van der Waals surface area contributed by atoms with E-state index >= 15 is 0 Å². The number of aliphatic hydroxyl groups excluding tert-OH is 1. The van der Waals surface area contributed by atoms with Crippen LogP contribution < -0.4 is 0 Å². The second kappa shape index (κ2) is 4.11. The third-order valence-electron chi connectivity index (χ3n) is 1.72. The van der Waals surface area contributed by atoms with Gasteiger partial charge in [0.2, 0.25) is 0 Å². The maximum Gasteiger partial charge on any atom is 0.265 e. The first-order valence-corrected chi connectivity index (χ1v) is 4.40. The van der Waals surface area contributed by atoms with E-state index in [2.05, 4.69) is 20.9 Å². The molecule has 0 spiro atoms. The molecule has 0 saturated heterocycles. The molecule has 0 bridgehead atoms. The van der Waals surface area contributed by atoms with E-state index in [-0.39, 0.29) is 11.1 Å². The van der Waals surface area contributed by atoms with Crippen molar-refractivity contribution in [2.45, 2.75) is 20.0 Å². The lowest BCUT2D eigenvalue weighted by Crippen LogP contribution is -1.99. The van der Waals surface area contributed by atoms with Gasteiger partial charge in [0.1, 0.15) is 0 Å². The molecule has 5 heteroatoms. The van der Waals surface area contributed by atoms with Gasteiger partial charge in [-0.05, 0) is 22.9 Å². The molecule has 0 aliphatic carbocycles. The summed E-state index contributed by atoms with van der Waals surface area (Å²) in [6.07, 6.45) is -1.51. The molecule has 13 heavy (non-hydrogen) atoms. The summed E-state index contributed by atoms with van der Waals surface area (Å²) in [5.41, 5.74) is 0.580. The van der Waals surface area contributed by atoms with Gasteiger partial charge in [-0.1, -0.05) is 0 Å². The molecule has 0 fully saturated rings. The van der Waals surface area contributed by atoms with E-state index in [4.69, 9.17) is 5.11 Å². The third kappa shape index (κ3) is 2.03. The molecule has 1 aromatic heterocycles. The zero-order chi connectivity index (χ0) is 10.0. The highest BCUT2D eigenvalue weighted by molar-refractivity contribution is 9.10. The summed E-state index contributed by atoms with van der Waals surface area (Å²) in [6.45, 7) is 1.27. The van der Waals surface area contributed by atoms with E-state index in [9.17, 15) is 8.78 Å². The van der Waals surface area contributed by atoms with E-state index in [0.29, 0.717) is 10.2 Å². The number of halogens is 3. The fourth-order valence-electron chi connectivity index (χ4n) is 0.995. The van der Waals surface area contributed by atoms with Gasteiger partial charge in [0, 0.05) is 21.8 Å². The summed E-state index contributed by atoms with van der Waals surface area (Å²) in [5, 5.41) is 8.88. The van der Waals surface area contributed by atoms with Gasteiger partial charge in [0.05, 0.1) is 12.3 Å². The van der Waals surface area contributed by atoms with Crippen LogP contribution >= 0.6 is 15.9 Å². The van der Waals surface area contributed by atoms with Crippen molar-refractivity contribution in [3.63, 3.8) is 0 Å². The van der Waals surface area contributed by atoms with Crippen molar-refractivity contribution in [2.75, 3.05) is 0 Å². The van der Waals surface area contributed by atoms with Crippen LogP contribution in [-0.2, 0) is 6.61 Å². The smallest absolute Gasteiger partial charge is 0.265 e. The molecule has 1 N–H and O–H groups in total. The summed E-state index contributed by atoms with van der Waals surface area (Å²) in [5.74, 6) is 0. The Morgan fingerprint density at radius 1 is 1.62 bits per heavy atom. The monoisotopic (exact) mass is 251 g/mol. The molecule has 0 aliphatic rings. The van der Waals surface area contributed by atoms with Gasteiger partial charge in [0.15, 0.2) is 0 Å². The van der Waals surface area contributed by atoms with Crippen LogP contribution in [0.4, 0.5) is 8.78 Å². The first kappa shape index (κ1) is 10.5. The summed E-state index contributed by atoms with van der Waals surface area (Å²) >= 11 is 3.10. The molecular formula is C8H8BrF2NO. The van der Waals surface area contributed by atoms with Crippen molar-refractivity contribution in [1.29, 1.82) is 0 Å². The van der Waals surface area contributed by atoms with Crippen molar-refractivity contribution in [3.05, 3.63) is 27.5 Å². The molecule has 1 aromatic rings. The van der Waals surface area contributed by atoms with Crippen LogP contribution in [0.2, 0.25) is 0 Å². The van der Waals surface area contributed by atoms with E-state index in [0.717, 1.165) is 6.20 Å². The standard InChI is InChI=1S/C8H8BrF2NO/c1-4-7(9)6(3-13)5(2-12-4)8(10)11/h2,8,13H,3H2,1H3. The Balaban J connectivity index is 3.30. The minimum atomic E-state index is -2.61. The topological polar surface area (TPSA) is 33.1 Å². The van der Waals surface area contributed by atoms with Gasteiger partial charge in [-0.3, -0.25) is 4.98 Å². The quantitative estimate of drug-likeness (QED) is 0.877. The summed E-state index contributed by atoms with van der Waals surface area (Å²) in [6, 6.07) is 0. The predicted molar refractivity (Wildman–Crippen MR) is 47.6 cm³/mol. The molecule has 1 heterocycles. The second-order valence-electron chi connectivity index (χ2n) is 2.55. The van der Waals surface area contributed by atoms with Crippen LogP contribution in [0.1, 0.15) is 23.2 Å². The van der Waals surface area contributed by atoms with Crippen molar-refractivity contribution in [2.24, 2.45) is 0 Å². The maximum atomic E-state index is 12.4. The second-order valence-corrected chi connectivity index (χ2v) is 3.34. The van der Waals surface area contributed by atoms with Crippen molar-refractivity contribution in [1.82, 2.24) is 4.98 Å². The number of hydrogen-bond donors (Lipinski definition) is 1. The molecule has 0 unspecified atom stereocenters. The maximum absolute atomic E-state index is 12.4. The molecule has 0 aliphatic heterocycles. The van der Waals surface area contributed by atoms with Crippen LogP contribution in [0.25, 0.3) is 0 Å². The minimum Gasteiger partial charge on any atom is -0.392 e. The van der Waals surface area contributed by atoms with E-state index < -0.39 is 13.0 Å². The zero-order valence-electron chi connectivity index (χ0n) is 6.89. The highest BCUT2D eigenvalue weighted by Gasteiger charge is 2.16. The molecule has 0 saturated carbocycles. The SMILES string of the molecule is Cc1ncc(C(F)F)c(CO)c1Br. The van der Waals surface area contributed by atoms with Crippen LogP contribution in [0, 0.1) is 6.92 Å². The van der Waals surface area contributed by atoms with Gasteiger partial charge >= 0.3 is 0 Å². The van der Waals surface area contributed by atoms with Gasteiger partial charge in [-0.25, -0.2) is 8.78 Å². The molecule has 1 rings (SSSR count). The first-order chi connectivity index (χ1) is 6.07. The summed E-state index contributed by atoms with van der Waals surface area (Å²) in [7, 11) is 0. The Bertz CT molecular complexity index is 317. The fraction of sp³-hybridized carbons (Fsp3) is 0.375. The number of pyridine rings is 1. The number of alkyl halides is 2. The van der Waals surface area contributed by atoms with Crippen LogP contribution in [0.3, 0.4) is 0 Å². The van der Waals surface area contributed by atoms with Crippen molar-refractivity contribution < 1.29 is 13.9 Å². The van der Waals surface area contributed by atoms with E-state index in [1.165, 1.54) is 0 Å². The van der Waals surface area contributed by atoms with Gasteiger partial charge in [-0.15, -0.1) is 0 Å². The number of hydrogen-bond acceptors (Lipinski definition) is 2. The lowest BCUT2D eigenvalue weighted by molar-refractivity contribution is 0.146. The van der Waals surface area contributed by atoms with E-state index in [1.54, 1.807) is 6.92 Å². The predicted octanol–water partition coefficient (Wildman–Crippen LogP) is 2.58. The highest BCUT2D eigenvalue weighted by Crippen LogP contribution is 2.29. The van der Waals surface area contributed by atoms with Crippen LogP contribution in [-0.4, -0.2) is 10.1 Å². The zero-order valence-corrected chi connectivity index (χ0v) is 8.48. The Kier molecular flexibility index (Phi) is 3.33. The average Bonchev–Trinajstić information content (AvgIpc) is 2.09. The number of aryl methyl sites for hydroxylation is 1. The van der Waals surface area contributed by atoms with Crippen molar-refractivity contribution in [3.8, 4) is 0 Å². The van der Waals surface area contributed by atoms with E-state index in [1.807, 2.05) is 0 Å². The van der Waals surface area contributed by atoms with Crippen molar-refractivity contribution >= 4 is 15.9 Å². The molecule has 2 nitrogen and oxygen atoms in total. The molecule has 0 amide bonds. The molecule has 72 valence electrons. The van der Waals surface area contributed by atoms with Crippen LogP contribution in [0.15, 0.2) is 10.7 Å². The number of aliphatic hydroxyl groups is 1. The molecule has 0 aromatic carbocycles. The minimum absolute atomic E-state index is 0.211. The number of rotatable bonds is 2. The third-order valence-corrected chi connectivity index (χ3v) is 2.77. The van der Waals surface area contributed by atoms with Gasteiger partial charge < -0.3 is 5.11 Å². The Morgan fingerprint density at radius 3 is 2.69 bits per heavy atom. The number of nitrogens with zero attached hydrogens (tertiary/aromatic N) is 1. The first-order valence-electron chi connectivity index (χ1n) is 3.60. The Labute approximate surface area is 82.7 Å². The molecular weight excluding hydrogens is 244 g/mol. The Morgan fingerprint density at radius 2 is 2.23 bits per heavy atom. The Hall–Kier alpha value is -0.550. The lowest BCUT2D eigenvalue weighted by atomic mass is 10.1. The lowest BCUT2D eigenvalue weighted by Gasteiger charge is -2.09. The highest BCUT2D eigenvalue weighted by atomic mass is 79.9. The average molecular weight is 252 g/mol. The normalized spacial score (nSPS) is 10.9. The summed E-state index contributed by atoms with van der Waals surface area (Å²) < 4.78 is 25.2. The summed E-state index contributed by atoms with van der Waals surface area (Å²) in [4.78, 5) is 3.77. The number of aromatic nitrogens is 1. The van der Waals surface area contributed by atoms with Gasteiger partial charge in [-0.2, -0.15) is 0 Å². The largest absolute Gasteiger partial charge is 0.392 e. The molecule has 0 atom stereocenters. The fourth-order valence-corrected chi connectivity index (χ4v) is 1.45. The molecule has 0 radical (unpaired) electrons. The van der Waals surface area contributed by atoms with Crippen LogP contribution in [0.5, 0.6) is 0 Å². The van der Waals surface area contributed by atoms with Gasteiger partial charge in [0.25, 0.3) is 6.43 Å².